The molecule has 3 fully saturated rings. The van der Waals surface area contributed by atoms with Crippen molar-refractivity contribution in [1.29, 1.82) is 0 Å². The van der Waals surface area contributed by atoms with E-state index in [-0.39, 0.29) is 0 Å². The molecule has 0 amide bonds. The molecule has 164 valence electrons. The van der Waals surface area contributed by atoms with Gasteiger partial charge >= 0.3 is 0 Å². The molecule has 0 aromatic carbocycles. The summed E-state index contributed by atoms with van der Waals surface area (Å²) in [5.41, 5.74) is 2.50. The molecule has 1 aliphatic carbocycles. The second kappa shape index (κ2) is 8.06. The van der Waals surface area contributed by atoms with Crippen LogP contribution in [0.15, 0.2) is 47.4 Å². The number of aromatic nitrogens is 1. The molecule has 0 spiro atoms. The Bertz CT molecular complexity index is 908. The number of amidine groups is 1. The Balaban J connectivity index is 1.13. The lowest BCUT2D eigenvalue weighted by atomic mass is 9.91. The summed E-state index contributed by atoms with van der Waals surface area (Å²) in [6.45, 7) is 7.82. The first-order valence-corrected chi connectivity index (χ1v) is 12.2. The smallest absolute Gasteiger partial charge is 0.129 e. The van der Waals surface area contributed by atoms with E-state index in [9.17, 15) is 0 Å². The molecule has 6 rings (SSSR count). The van der Waals surface area contributed by atoms with Crippen molar-refractivity contribution >= 4 is 5.84 Å². The summed E-state index contributed by atoms with van der Waals surface area (Å²) in [6, 6.07) is 6.15. The van der Waals surface area contributed by atoms with Gasteiger partial charge in [0.05, 0.1) is 17.8 Å². The van der Waals surface area contributed by atoms with Crippen molar-refractivity contribution in [2.75, 3.05) is 32.7 Å². The fourth-order valence-corrected chi connectivity index (χ4v) is 5.81. The van der Waals surface area contributed by atoms with Gasteiger partial charge in [-0.2, -0.15) is 0 Å². The number of hydrogen-bond donors (Lipinski definition) is 1. The van der Waals surface area contributed by atoms with Gasteiger partial charge in [-0.05, 0) is 62.8 Å². The minimum absolute atomic E-state index is 0.306. The van der Waals surface area contributed by atoms with Gasteiger partial charge in [-0.1, -0.05) is 12.1 Å². The van der Waals surface area contributed by atoms with Crippen LogP contribution in [0, 0.1) is 6.92 Å². The molecule has 31 heavy (non-hydrogen) atoms. The molecule has 1 unspecified atom stereocenters. The van der Waals surface area contributed by atoms with Gasteiger partial charge in [-0.3, -0.25) is 14.9 Å². The van der Waals surface area contributed by atoms with Crippen molar-refractivity contribution in [1.82, 2.24) is 25.0 Å². The molecular formula is C25H34N6. The molecule has 3 atom stereocenters. The topological polar surface area (TPSA) is 47.0 Å². The highest BCUT2D eigenvalue weighted by atomic mass is 15.4. The van der Waals surface area contributed by atoms with E-state index >= 15 is 0 Å². The first kappa shape index (κ1) is 19.5. The summed E-state index contributed by atoms with van der Waals surface area (Å²) in [7, 11) is 0. The molecule has 1 N–H and O–H groups in total. The second-order valence-electron chi connectivity index (χ2n) is 9.77. The van der Waals surface area contributed by atoms with Gasteiger partial charge in [0.25, 0.3) is 0 Å². The molecule has 1 aromatic rings. The zero-order valence-electron chi connectivity index (χ0n) is 18.6. The first-order chi connectivity index (χ1) is 15.3. The van der Waals surface area contributed by atoms with Crippen LogP contribution in [0.25, 0.3) is 0 Å². The average molecular weight is 419 g/mol. The van der Waals surface area contributed by atoms with E-state index in [0.717, 1.165) is 37.9 Å². The SMILES string of the molecule is Cc1cccnc1[C@@H]1CCC[C@H](C2CN3C(N4CCN(C5CC5)CC4)=CC=CC3=N2)N1. The maximum Gasteiger partial charge on any atom is 0.129 e. The molecule has 2 saturated heterocycles. The highest BCUT2D eigenvalue weighted by Gasteiger charge is 2.38. The zero-order valence-corrected chi connectivity index (χ0v) is 18.6. The Morgan fingerprint density at radius 1 is 1.06 bits per heavy atom. The van der Waals surface area contributed by atoms with Crippen LogP contribution in [0.5, 0.6) is 0 Å². The molecule has 4 aliphatic heterocycles. The monoisotopic (exact) mass is 418 g/mol. The molecule has 0 bridgehead atoms. The number of fused-ring (bicyclic) bond motifs is 1. The van der Waals surface area contributed by atoms with Crippen LogP contribution in [-0.2, 0) is 0 Å². The number of aryl methyl sites for hydroxylation is 1. The third-order valence-electron chi connectivity index (χ3n) is 7.68. The first-order valence-electron chi connectivity index (χ1n) is 12.2. The summed E-state index contributed by atoms with van der Waals surface area (Å²) in [5, 5.41) is 3.92. The summed E-state index contributed by atoms with van der Waals surface area (Å²) >= 11 is 0. The Kier molecular flexibility index (Phi) is 5.07. The second-order valence-corrected chi connectivity index (χ2v) is 9.77. The van der Waals surface area contributed by atoms with E-state index in [4.69, 9.17) is 9.98 Å². The number of allylic oxidation sites excluding steroid dienone is 2. The van der Waals surface area contributed by atoms with Gasteiger partial charge in [0.1, 0.15) is 11.7 Å². The van der Waals surface area contributed by atoms with Gasteiger partial charge < -0.3 is 15.1 Å². The van der Waals surface area contributed by atoms with Gasteiger partial charge in [0, 0.05) is 51.0 Å². The lowest BCUT2D eigenvalue weighted by molar-refractivity contribution is 0.132. The fraction of sp³-hybridized carbons (Fsp3) is 0.600. The molecule has 0 radical (unpaired) electrons. The number of piperidine rings is 1. The molecule has 1 aromatic heterocycles. The van der Waals surface area contributed by atoms with Crippen molar-refractivity contribution in [2.45, 2.75) is 63.2 Å². The number of hydrogen-bond acceptors (Lipinski definition) is 6. The van der Waals surface area contributed by atoms with Crippen LogP contribution in [0.4, 0.5) is 0 Å². The third-order valence-corrected chi connectivity index (χ3v) is 7.68. The standard InChI is InChI=1S/C25H34N6/c1-18-5-4-12-26-25(18)21-7-2-6-20(27-21)22-17-31-23(28-22)8-3-9-24(31)30-15-13-29(14-16-30)19-10-11-19/h3-5,8-9,12,19-22,27H,2,6-7,10-11,13-17H2,1H3/t20-,21+,22?/m1/s1. The fourth-order valence-electron chi connectivity index (χ4n) is 5.81. The Morgan fingerprint density at radius 3 is 2.74 bits per heavy atom. The Hall–Kier alpha value is -2.18. The number of rotatable bonds is 4. The van der Waals surface area contributed by atoms with Gasteiger partial charge in [-0.25, -0.2) is 0 Å². The molecule has 6 heteroatoms. The molecule has 6 nitrogen and oxygen atoms in total. The van der Waals surface area contributed by atoms with Crippen LogP contribution < -0.4 is 5.32 Å². The van der Waals surface area contributed by atoms with Crippen molar-refractivity contribution in [3.63, 3.8) is 0 Å². The van der Waals surface area contributed by atoms with E-state index < -0.39 is 0 Å². The zero-order chi connectivity index (χ0) is 20.8. The largest absolute Gasteiger partial charge is 0.355 e. The van der Waals surface area contributed by atoms with Gasteiger partial charge in [0.2, 0.25) is 0 Å². The quantitative estimate of drug-likeness (QED) is 0.815. The number of piperazine rings is 1. The van der Waals surface area contributed by atoms with E-state index in [0.29, 0.717) is 18.1 Å². The van der Waals surface area contributed by atoms with Crippen molar-refractivity contribution in [3.05, 3.63) is 53.6 Å². The minimum Gasteiger partial charge on any atom is -0.355 e. The highest BCUT2D eigenvalue weighted by Crippen LogP contribution is 2.32. The summed E-state index contributed by atoms with van der Waals surface area (Å²) < 4.78 is 0. The number of nitrogens with one attached hydrogen (secondary N) is 1. The van der Waals surface area contributed by atoms with Crippen LogP contribution in [0.2, 0.25) is 0 Å². The van der Waals surface area contributed by atoms with Crippen molar-refractivity contribution in [3.8, 4) is 0 Å². The van der Waals surface area contributed by atoms with Crippen LogP contribution in [0.3, 0.4) is 0 Å². The lowest BCUT2D eigenvalue weighted by Crippen LogP contribution is -2.51. The summed E-state index contributed by atoms with van der Waals surface area (Å²) in [6.07, 6.45) is 15.0. The predicted octanol–water partition coefficient (Wildman–Crippen LogP) is 2.85. The Labute approximate surface area is 185 Å². The van der Waals surface area contributed by atoms with Crippen LogP contribution in [0.1, 0.15) is 49.4 Å². The van der Waals surface area contributed by atoms with Gasteiger partial charge in [0.15, 0.2) is 0 Å². The number of nitrogens with zero attached hydrogens (tertiary/aromatic N) is 5. The number of aliphatic imine (C=N–C) groups is 1. The highest BCUT2D eigenvalue weighted by molar-refractivity contribution is 5.97. The summed E-state index contributed by atoms with van der Waals surface area (Å²) in [5.74, 6) is 2.50. The van der Waals surface area contributed by atoms with E-state index in [2.05, 4.69) is 51.2 Å². The maximum atomic E-state index is 5.18. The van der Waals surface area contributed by atoms with E-state index in [1.807, 2.05) is 12.3 Å². The summed E-state index contributed by atoms with van der Waals surface area (Å²) in [4.78, 5) is 17.6. The van der Waals surface area contributed by atoms with Crippen LogP contribution >= 0.6 is 0 Å². The predicted molar refractivity (Wildman–Crippen MR) is 124 cm³/mol. The number of pyridine rings is 1. The third kappa shape index (κ3) is 3.80. The Morgan fingerprint density at radius 2 is 1.94 bits per heavy atom. The van der Waals surface area contributed by atoms with Gasteiger partial charge in [-0.15, -0.1) is 0 Å². The molecule has 5 heterocycles. The van der Waals surface area contributed by atoms with E-state index in [1.165, 1.54) is 55.9 Å². The van der Waals surface area contributed by atoms with Crippen molar-refractivity contribution < 1.29 is 0 Å². The average Bonchev–Trinajstić information content (AvgIpc) is 3.57. The van der Waals surface area contributed by atoms with E-state index in [1.54, 1.807) is 0 Å². The minimum atomic E-state index is 0.306. The molecule has 5 aliphatic rings. The van der Waals surface area contributed by atoms with Crippen molar-refractivity contribution in [2.24, 2.45) is 4.99 Å². The normalized spacial score (nSPS) is 31.5. The van der Waals surface area contributed by atoms with Crippen LogP contribution in [-0.4, -0.2) is 76.4 Å². The molecular weight excluding hydrogens is 384 g/mol. The maximum absolute atomic E-state index is 5.18. The molecule has 1 saturated carbocycles. The lowest BCUT2D eigenvalue weighted by Gasteiger charge is -2.41.